The zero-order valence-electron chi connectivity index (χ0n) is 10.1. The van der Waals surface area contributed by atoms with Crippen LogP contribution in [0.3, 0.4) is 0 Å². The summed E-state index contributed by atoms with van der Waals surface area (Å²) in [7, 11) is 0. The van der Waals surface area contributed by atoms with Gasteiger partial charge in [0.05, 0.1) is 5.92 Å². The first kappa shape index (κ1) is 10.8. The van der Waals surface area contributed by atoms with Gasteiger partial charge in [0.25, 0.3) is 0 Å². The number of carbonyl (C=O) groups is 1. The van der Waals surface area contributed by atoms with Gasteiger partial charge in [0.1, 0.15) is 6.10 Å². The van der Waals surface area contributed by atoms with Crippen LogP contribution in [0.4, 0.5) is 0 Å². The van der Waals surface area contributed by atoms with Crippen LogP contribution in [0.2, 0.25) is 0 Å². The highest BCUT2D eigenvalue weighted by molar-refractivity contribution is 5.74. The molecule has 0 aliphatic heterocycles. The van der Waals surface area contributed by atoms with Crippen molar-refractivity contribution in [3.8, 4) is 0 Å². The molecule has 0 saturated heterocycles. The topological polar surface area (TPSA) is 26.3 Å². The number of rotatable bonds is 3. The average molecular weight is 230 g/mol. The van der Waals surface area contributed by atoms with Crippen molar-refractivity contribution in [3.05, 3.63) is 35.9 Å². The van der Waals surface area contributed by atoms with Crippen molar-refractivity contribution >= 4 is 5.97 Å². The van der Waals surface area contributed by atoms with E-state index in [1.54, 1.807) is 0 Å². The third-order valence-corrected chi connectivity index (χ3v) is 4.41. The van der Waals surface area contributed by atoms with Crippen LogP contribution in [0.15, 0.2) is 30.3 Å². The van der Waals surface area contributed by atoms with Gasteiger partial charge in [-0.05, 0) is 43.6 Å². The molecule has 0 spiro atoms. The molecule has 1 unspecified atom stereocenters. The van der Waals surface area contributed by atoms with Gasteiger partial charge in [-0.1, -0.05) is 30.3 Å². The summed E-state index contributed by atoms with van der Waals surface area (Å²) in [5, 5.41) is 0. The Morgan fingerprint density at radius 1 is 1.29 bits per heavy atom. The van der Waals surface area contributed by atoms with E-state index in [0.717, 1.165) is 17.9 Å². The van der Waals surface area contributed by atoms with Crippen LogP contribution in [0.5, 0.6) is 0 Å². The molecule has 2 aliphatic carbocycles. The van der Waals surface area contributed by atoms with Crippen LogP contribution < -0.4 is 0 Å². The van der Waals surface area contributed by atoms with E-state index in [-0.39, 0.29) is 18.0 Å². The Labute approximate surface area is 102 Å². The van der Waals surface area contributed by atoms with E-state index < -0.39 is 0 Å². The molecule has 2 fully saturated rings. The standard InChI is InChI=1S/C15H18O2/c1-10(11-5-3-2-4-6-11)17-15(16)14-9-12-7-8-13(12)14/h2-6,10,12-14H,7-9H2,1H3/t10-,12+,13?,14+/m1/s1. The maximum absolute atomic E-state index is 12.0. The number of hydrogen-bond donors (Lipinski definition) is 0. The second-order valence-electron chi connectivity index (χ2n) is 5.33. The number of fused-ring (bicyclic) bond motifs is 1. The van der Waals surface area contributed by atoms with Crippen LogP contribution in [0.1, 0.15) is 37.9 Å². The molecule has 2 heteroatoms. The fourth-order valence-electron chi connectivity index (χ4n) is 3.05. The summed E-state index contributed by atoms with van der Waals surface area (Å²) < 4.78 is 5.55. The highest BCUT2D eigenvalue weighted by Crippen LogP contribution is 2.54. The van der Waals surface area contributed by atoms with Crippen LogP contribution in [0, 0.1) is 17.8 Å². The van der Waals surface area contributed by atoms with Gasteiger partial charge in [-0.2, -0.15) is 0 Å². The minimum Gasteiger partial charge on any atom is -0.458 e. The van der Waals surface area contributed by atoms with Gasteiger partial charge >= 0.3 is 5.97 Å². The third kappa shape index (κ3) is 1.86. The highest BCUT2D eigenvalue weighted by Gasteiger charge is 2.51. The minimum atomic E-state index is -0.122. The lowest BCUT2D eigenvalue weighted by Gasteiger charge is -2.51. The van der Waals surface area contributed by atoms with E-state index in [4.69, 9.17) is 4.74 Å². The molecule has 1 aromatic rings. The Kier molecular flexibility index (Phi) is 2.65. The summed E-state index contributed by atoms with van der Waals surface area (Å²) in [6.07, 6.45) is 3.49. The van der Waals surface area contributed by atoms with Crippen LogP contribution >= 0.6 is 0 Å². The quantitative estimate of drug-likeness (QED) is 0.744. The molecular weight excluding hydrogens is 212 g/mol. The van der Waals surface area contributed by atoms with Crippen molar-refractivity contribution in [2.75, 3.05) is 0 Å². The van der Waals surface area contributed by atoms with Gasteiger partial charge in [-0.3, -0.25) is 4.79 Å². The number of benzene rings is 1. The summed E-state index contributed by atoms with van der Waals surface area (Å²) in [6, 6.07) is 9.94. The number of hydrogen-bond acceptors (Lipinski definition) is 2. The molecule has 0 bridgehead atoms. The lowest BCUT2D eigenvalue weighted by molar-refractivity contribution is -0.169. The second kappa shape index (κ2) is 4.17. The molecule has 1 aromatic carbocycles. The van der Waals surface area contributed by atoms with E-state index in [9.17, 15) is 4.79 Å². The van der Waals surface area contributed by atoms with Crippen LogP contribution in [-0.2, 0) is 9.53 Å². The van der Waals surface area contributed by atoms with E-state index in [1.165, 1.54) is 12.8 Å². The Morgan fingerprint density at radius 2 is 2.06 bits per heavy atom. The molecule has 2 nitrogen and oxygen atoms in total. The SMILES string of the molecule is C[C@@H](OC(=O)[C@H]1C[C@@H]2CCC21)c1ccccc1. The Balaban J connectivity index is 1.58. The molecule has 3 rings (SSSR count). The predicted octanol–water partition coefficient (Wildman–Crippen LogP) is 3.34. The van der Waals surface area contributed by atoms with Crippen LogP contribution in [-0.4, -0.2) is 5.97 Å². The fourth-order valence-corrected chi connectivity index (χ4v) is 3.05. The largest absolute Gasteiger partial charge is 0.458 e. The number of ether oxygens (including phenoxy) is 1. The molecule has 90 valence electrons. The van der Waals surface area contributed by atoms with Gasteiger partial charge in [-0.15, -0.1) is 0 Å². The molecule has 0 radical (unpaired) electrons. The first-order valence-electron chi connectivity index (χ1n) is 6.51. The normalized spacial score (nSPS) is 31.7. The first-order valence-corrected chi connectivity index (χ1v) is 6.51. The maximum atomic E-state index is 12.0. The summed E-state index contributed by atoms with van der Waals surface area (Å²) in [4.78, 5) is 12.0. The molecular formula is C15H18O2. The Hall–Kier alpha value is -1.31. The van der Waals surface area contributed by atoms with E-state index in [1.807, 2.05) is 37.3 Å². The molecule has 17 heavy (non-hydrogen) atoms. The molecule has 2 saturated carbocycles. The fraction of sp³-hybridized carbons (Fsp3) is 0.533. The van der Waals surface area contributed by atoms with Crippen molar-refractivity contribution < 1.29 is 9.53 Å². The highest BCUT2D eigenvalue weighted by atomic mass is 16.5. The van der Waals surface area contributed by atoms with Gasteiger partial charge in [0.2, 0.25) is 0 Å². The molecule has 2 aliphatic rings. The number of esters is 1. The maximum Gasteiger partial charge on any atom is 0.309 e. The van der Waals surface area contributed by atoms with E-state index >= 15 is 0 Å². The molecule has 0 amide bonds. The van der Waals surface area contributed by atoms with Crippen LogP contribution in [0.25, 0.3) is 0 Å². The van der Waals surface area contributed by atoms with Crippen molar-refractivity contribution in [2.45, 2.75) is 32.3 Å². The van der Waals surface area contributed by atoms with Gasteiger partial charge in [0, 0.05) is 0 Å². The summed E-state index contributed by atoms with van der Waals surface area (Å²) in [6.45, 7) is 1.95. The van der Waals surface area contributed by atoms with Crippen molar-refractivity contribution in [2.24, 2.45) is 17.8 Å². The average Bonchev–Trinajstić information content (AvgIpc) is 2.33. The smallest absolute Gasteiger partial charge is 0.309 e. The van der Waals surface area contributed by atoms with Gasteiger partial charge < -0.3 is 4.74 Å². The molecule has 0 aromatic heterocycles. The monoisotopic (exact) mass is 230 g/mol. The van der Waals surface area contributed by atoms with Crippen molar-refractivity contribution in [1.29, 1.82) is 0 Å². The van der Waals surface area contributed by atoms with E-state index in [2.05, 4.69) is 0 Å². The predicted molar refractivity (Wildman–Crippen MR) is 65.3 cm³/mol. The third-order valence-electron chi connectivity index (χ3n) is 4.41. The molecule has 0 heterocycles. The summed E-state index contributed by atoms with van der Waals surface area (Å²) in [5.74, 6) is 1.69. The Morgan fingerprint density at radius 3 is 2.59 bits per heavy atom. The number of carbonyl (C=O) groups excluding carboxylic acids is 1. The zero-order chi connectivity index (χ0) is 11.8. The molecule has 0 N–H and O–H groups in total. The van der Waals surface area contributed by atoms with Crippen molar-refractivity contribution in [3.63, 3.8) is 0 Å². The second-order valence-corrected chi connectivity index (χ2v) is 5.33. The van der Waals surface area contributed by atoms with Gasteiger partial charge in [-0.25, -0.2) is 0 Å². The van der Waals surface area contributed by atoms with Gasteiger partial charge in [0.15, 0.2) is 0 Å². The lowest BCUT2D eigenvalue weighted by Crippen LogP contribution is -2.48. The Bertz CT molecular complexity index is 412. The first-order chi connectivity index (χ1) is 8.25. The van der Waals surface area contributed by atoms with E-state index in [0.29, 0.717) is 5.92 Å². The zero-order valence-corrected chi connectivity index (χ0v) is 10.1. The molecule has 4 atom stereocenters. The summed E-state index contributed by atoms with van der Waals surface area (Å²) >= 11 is 0. The minimum absolute atomic E-state index is 0.0160. The summed E-state index contributed by atoms with van der Waals surface area (Å²) in [5.41, 5.74) is 1.07. The van der Waals surface area contributed by atoms with Crippen molar-refractivity contribution in [1.82, 2.24) is 0 Å². The lowest BCUT2D eigenvalue weighted by atomic mass is 9.53.